The van der Waals surface area contributed by atoms with Crippen LogP contribution in [0.3, 0.4) is 0 Å². The lowest BCUT2D eigenvalue weighted by Gasteiger charge is -2.11. The highest BCUT2D eigenvalue weighted by atomic mass is 16.5. The summed E-state index contributed by atoms with van der Waals surface area (Å²) >= 11 is 0. The van der Waals surface area contributed by atoms with Crippen molar-refractivity contribution in [1.29, 1.82) is 0 Å². The molecule has 7 heteroatoms. The molecule has 2 N–H and O–H groups in total. The fraction of sp³-hybridized carbons (Fsp3) is 0.188. The van der Waals surface area contributed by atoms with Gasteiger partial charge in [0, 0.05) is 18.8 Å². The van der Waals surface area contributed by atoms with Crippen molar-refractivity contribution in [2.45, 2.75) is 13.5 Å². The number of aromatic carboxylic acids is 1. The zero-order valence-corrected chi connectivity index (χ0v) is 12.8. The van der Waals surface area contributed by atoms with Gasteiger partial charge in [-0.2, -0.15) is 9.61 Å². The molecule has 118 valence electrons. The van der Waals surface area contributed by atoms with Gasteiger partial charge in [0.25, 0.3) is 0 Å². The number of nitrogens with one attached hydrogen (secondary N) is 1. The predicted molar refractivity (Wildman–Crippen MR) is 85.0 cm³/mol. The number of fused-ring (bicyclic) bond motifs is 1. The summed E-state index contributed by atoms with van der Waals surface area (Å²) in [5.41, 5.74) is 2.45. The van der Waals surface area contributed by atoms with Crippen molar-refractivity contribution >= 4 is 17.4 Å². The molecule has 23 heavy (non-hydrogen) atoms. The van der Waals surface area contributed by atoms with Crippen molar-refractivity contribution < 1.29 is 14.6 Å². The quantitative estimate of drug-likeness (QED) is 0.752. The van der Waals surface area contributed by atoms with Gasteiger partial charge in [0.15, 0.2) is 5.65 Å². The topological polar surface area (TPSA) is 88.8 Å². The lowest BCUT2D eigenvalue weighted by molar-refractivity contribution is 0.0697. The Balaban J connectivity index is 1.93. The first kappa shape index (κ1) is 14.8. The Hall–Kier alpha value is -3.09. The van der Waals surface area contributed by atoms with Crippen LogP contribution in [0.1, 0.15) is 21.6 Å². The Kier molecular flexibility index (Phi) is 3.84. The van der Waals surface area contributed by atoms with Gasteiger partial charge in [-0.05, 0) is 24.6 Å². The first-order valence-electron chi connectivity index (χ1n) is 7.04. The summed E-state index contributed by atoms with van der Waals surface area (Å²) in [4.78, 5) is 15.6. The number of rotatable bonds is 5. The third-order valence-corrected chi connectivity index (χ3v) is 3.45. The second-order valence-corrected chi connectivity index (χ2v) is 5.08. The van der Waals surface area contributed by atoms with Gasteiger partial charge in [0.2, 0.25) is 0 Å². The fourth-order valence-corrected chi connectivity index (χ4v) is 2.30. The number of carboxylic acids is 1. The minimum absolute atomic E-state index is 0.0779. The van der Waals surface area contributed by atoms with Crippen LogP contribution in [0, 0.1) is 6.92 Å². The number of anilines is 1. The molecule has 0 atom stereocenters. The molecular weight excluding hydrogens is 296 g/mol. The average Bonchev–Trinajstić information content (AvgIpc) is 2.93. The molecule has 0 aliphatic heterocycles. The van der Waals surface area contributed by atoms with Crippen molar-refractivity contribution in [3.63, 3.8) is 0 Å². The maximum atomic E-state index is 11.4. The van der Waals surface area contributed by atoms with Crippen molar-refractivity contribution in [2.75, 3.05) is 12.4 Å². The molecule has 0 aliphatic rings. The Labute approximate surface area is 132 Å². The minimum Gasteiger partial charge on any atom is -0.497 e. The molecule has 7 nitrogen and oxygen atoms in total. The van der Waals surface area contributed by atoms with Gasteiger partial charge in [-0.1, -0.05) is 12.1 Å². The summed E-state index contributed by atoms with van der Waals surface area (Å²) in [6.07, 6.45) is 1.34. The first-order valence-corrected chi connectivity index (χ1v) is 7.04. The number of nitrogens with zero attached hydrogens (tertiary/aromatic N) is 3. The SMILES string of the molecule is COc1ccc(CNc2c(C(=O)O)cnc3cc(C)nn23)cc1. The summed E-state index contributed by atoms with van der Waals surface area (Å²) in [6.45, 7) is 2.30. The number of methoxy groups -OCH3 is 1. The zero-order chi connectivity index (χ0) is 16.4. The molecule has 0 saturated carbocycles. The molecule has 0 amide bonds. The number of hydrogen-bond acceptors (Lipinski definition) is 5. The number of hydrogen-bond donors (Lipinski definition) is 2. The van der Waals surface area contributed by atoms with E-state index in [0.29, 0.717) is 18.0 Å². The van der Waals surface area contributed by atoms with E-state index >= 15 is 0 Å². The van der Waals surface area contributed by atoms with E-state index in [0.717, 1.165) is 17.0 Å². The van der Waals surface area contributed by atoms with E-state index < -0.39 is 5.97 Å². The van der Waals surface area contributed by atoms with Crippen LogP contribution in [0.4, 0.5) is 5.82 Å². The standard InChI is InChI=1S/C16H16N4O3/c1-10-7-14-17-9-13(16(21)22)15(20(14)19-10)18-8-11-3-5-12(23-2)6-4-11/h3-7,9,18H,8H2,1-2H3,(H,21,22). The summed E-state index contributed by atoms with van der Waals surface area (Å²) in [6, 6.07) is 9.34. The normalized spacial score (nSPS) is 10.7. The molecule has 0 saturated heterocycles. The Morgan fingerprint density at radius 1 is 1.35 bits per heavy atom. The smallest absolute Gasteiger partial charge is 0.341 e. The van der Waals surface area contributed by atoms with Gasteiger partial charge in [-0.25, -0.2) is 9.78 Å². The highest BCUT2D eigenvalue weighted by molar-refractivity contribution is 5.93. The second kappa shape index (κ2) is 5.96. The van der Waals surface area contributed by atoms with Gasteiger partial charge in [-0.15, -0.1) is 0 Å². The molecule has 2 aromatic heterocycles. The highest BCUT2D eigenvalue weighted by Gasteiger charge is 2.16. The van der Waals surface area contributed by atoms with Gasteiger partial charge >= 0.3 is 5.97 Å². The number of benzene rings is 1. The maximum absolute atomic E-state index is 11.4. The molecular formula is C16H16N4O3. The maximum Gasteiger partial charge on any atom is 0.341 e. The molecule has 0 unspecified atom stereocenters. The van der Waals surface area contributed by atoms with Gasteiger partial charge < -0.3 is 15.2 Å². The van der Waals surface area contributed by atoms with E-state index in [4.69, 9.17) is 4.74 Å². The van der Waals surface area contributed by atoms with Crippen LogP contribution in [0.5, 0.6) is 5.75 Å². The Morgan fingerprint density at radius 3 is 2.74 bits per heavy atom. The molecule has 0 aliphatic carbocycles. The molecule has 0 radical (unpaired) electrons. The van der Waals surface area contributed by atoms with Crippen molar-refractivity contribution in [3.8, 4) is 5.75 Å². The number of carboxylic acid groups (broad SMARTS) is 1. The van der Waals surface area contributed by atoms with E-state index in [1.165, 1.54) is 10.7 Å². The van der Waals surface area contributed by atoms with Gasteiger partial charge in [0.1, 0.15) is 17.1 Å². The highest BCUT2D eigenvalue weighted by Crippen LogP contribution is 2.19. The minimum atomic E-state index is -1.05. The third kappa shape index (κ3) is 2.94. The largest absolute Gasteiger partial charge is 0.497 e. The van der Waals surface area contributed by atoms with E-state index in [1.807, 2.05) is 31.2 Å². The van der Waals surface area contributed by atoms with Crippen LogP contribution in [0.25, 0.3) is 5.65 Å². The Bertz CT molecular complexity index is 856. The Morgan fingerprint density at radius 2 is 2.09 bits per heavy atom. The van der Waals surface area contributed by atoms with Crippen LogP contribution < -0.4 is 10.1 Å². The molecule has 3 aromatic rings. The molecule has 3 rings (SSSR count). The molecule has 0 fully saturated rings. The summed E-state index contributed by atoms with van der Waals surface area (Å²) in [7, 11) is 1.61. The van der Waals surface area contributed by atoms with E-state index in [-0.39, 0.29) is 5.56 Å². The fourth-order valence-electron chi connectivity index (χ4n) is 2.30. The lowest BCUT2D eigenvalue weighted by atomic mass is 10.2. The van der Waals surface area contributed by atoms with Gasteiger partial charge in [0.05, 0.1) is 12.8 Å². The molecule has 0 bridgehead atoms. The molecule has 1 aromatic carbocycles. The van der Waals surface area contributed by atoms with Crippen LogP contribution >= 0.6 is 0 Å². The zero-order valence-electron chi connectivity index (χ0n) is 12.8. The number of aryl methyl sites for hydroxylation is 1. The summed E-state index contributed by atoms with van der Waals surface area (Å²) in [5.74, 6) is 0.130. The first-order chi connectivity index (χ1) is 11.1. The second-order valence-electron chi connectivity index (χ2n) is 5.08. The van der Waals surface area contributed by atoms with Gasteiger partial charge in [-0.3, -0.25) is 0 Å². The van der Waals surface area contributed by atoms with E-state index in [9.17, 15) is 9.90 Å². The third-order valence-electron chi connectivity index (χ3n) is 3.45. The predicted octanol–water partition coefficient (Wildman–Crippen LogP) is 2.36. The van der Waals surface area contributed by atoms with Crippen molar-refractivity contribution in [2.24, 2.45) is 0 Å². The molecule has 2 heterocycles. The summed E-state index contributed by atoms with van der Waals surface area (Å²) in [5, 5.41) is 16.8. The van der Waals surface area contributed by atoms with E-state index in [2.05, 4.69) is 15.4 Å². The van der Waals surface area contributed by atoms with Crippen LogP contribution in [-0.4, -0.2) is 32.8 Å². The monoisotopic (exact) mass is 312 g/mol. The summed E-state index contributed by atoms with van der Waals surface area (Å²) < 4.78 is 6.64. The number of ether oxygens (including phenoxy) is 1. The van der Waals surface area contributed by atoms with Crippen molar-refractivity contribution in [3.05, 3.63) is 53.3 Å². The number of carbonyl (C=O) groups is 1. The van der Waals surface area contributed by atoms with E-state index in [1.54, 1.807) is 13.2 Å². The molecule has 0 spiro atoms. The van der Waals surface area contributed by atoms with Crippen LogP contribution in [0.15, 0.2) is 36.5 Å². The van der Waals surface area contributed by atoms with Crippen molar-refractivity contribution in [1.82, 2.24) is 14.6 Å². The van der Waals surface area contributed by atoms with Crippen LogP contribution in [0.2, 0.25) is 0 Å². The van der Waals surface area contributed by atoms with Crippen LogP contribution in [-0.2, 0) is 6.54 Å². The number of aromatic nitrogens is 3. The average molecular weight is 312 g/mol. The lowest BCUT2D eigenvalue weighted by Crippen LogP contribution is -2.12.